The number of anilines is 1. The van der Waals surface area contributed by atoms with Gasteiger partial charge in [0.25, 0.3) is 0 Å². The van der Waals surface area contributed by atoms with Gasteiger partial charge in [-0.1, -0.05) is 25.0 Å². The standard InChI is InChI=1S/C18H27N3O2.ClH/c1-13(21-18(23)15-4-2-3-5-15)12-17(22)20-11-10-14-6-8-16(19)9-7-14;/h6-9,13,15H,2-5,10-12,19H2,1H3,(H,20,22)(H,21,23);1H. The van der Waals surface area contributed by atoms with Crippen LogP contribution in [-0.2, 0) is 16.0 Å². The van der Waals surface area contributed by atoms with Crippen molar-refractivity contribution in [1.82, 2.24) is 10.6 Å². The smallest absolute Gasteiger partial charge is 0.223 e. The molecular formula is C18H28ClN3O2. The molecule has 0 aliphatic heterocycles. The van der Waals surface area contributed by atoms with Gasteiger partial charge in [-0.15, -0.1) is 12.4 Å². The fourth-order valence-corrected chi connectivity index (χ4v) is 2.98. The molecule has 0 radical (unpaired) electrons. The molecule has 0 aromatic heterocycles. The summed E-state index contributed by atoms with van der Waals surface area (Å²) in [5.74, 6) is 0.218. The molecule has 1 unspecified atom stereocenters. The van der Waals surface area contributed by atoms with E-state index in [-0.39, 0.29) is 36.2 Å². The van der Waals surface area contributed by atoms with Crippen molar-refractivity contribution in [2.45, 2.75) is 51.5 Å². The number of carbonyl (C=O) groups is 2. The third-order valence-electron chi connectivity index (χ3n) is 4.32. The summed E-state index contributed by atoms with van der Waals surface area (Å²) in [6.45, 7) is 2.47. The predicted octanol–water partition coefficient (Wildman–Crippen LogP) is 2.43. The zero-order valence-electron chi connectivity index (χ0n) is 14.2. The van der Waals surface area contributed by atoms with E-state index in [9.17, 15) is 9.59 Å². The summed E-state index contributed by atoms with van der Waals surface area (Å²) in [7, 11) is 0. The minimum Gasteiger partial charge on any atom is -0.399 e. The number of amides is 2. The lowest BCUT2D eigenvalue weighted by atomic mass is 10.1. The fourth-order valence-electron chi connectivity index (χ4n) is 2.98. The first-order chi connectivity index (χ1) is 11.0. The van der Waals surface area contributed by atoms with E-state index in [0.29, 0.717) is 13.0 Å². The second-order valence-corrected chi connectivity index (χ2v) is 6.44. The van der Waals surface area contributed by atoms with Crippen molar-refractivity contribution in [3.8, 4) is 0 Å². The second kappa shape index (κ2) is 10.2. The Balaban J connectivity index is 0.00000288. The number of hydrogen-bond acceptors (Lipinski definition) is 3. The topological polar surface area (TPSA) is 84.2 Å². The van der Waals surface area contributed by atoms with E-state index in [4.69, 9.17) is 5.73 Å². The van der Waals surface area contributed by atoms with E-state index >= 15 is 0 Å². The second-order valence-electron chi connectivity index (χ2n) is 6.44. The summed E-state index contributed by atoms with van der Waals surface area (Å²) in [4.78, 5) is 23.9. The van der Waals surface area contributed by atoms with Gasteiger partial charge in [0.1, 0.15) is 0 Å². The molecule has 24 heavy (non-hydrogen) atoms. The summed E-state index contributed by atoms with van der Waals surface area (Å²) in [5, 5.41) is 5.85. The molecule has 0 spiro atoms. The van der Waals surface area contributed by atoms with E-state index < -0.39 is 0 Å². The number of benzene rings is 1. The van der Waals surface area contributed by atoms with Crippen molar-refractivity contribution >= 4 is 29.9 Å². The summed E-state index contributed by atoms with van der Waals surface area (Å²) >= 11 is 0. The maximum absolute atomic E-state index is 12.0. The SMILES string of the molecule is CC(CC(=O)NCCc1ccc(N)cc1)NC(=O)C1CCCC1.Cl. The first-order valence-corrected chi connectivity index (χ1v) is 8.46. The highest BCUT2D eigenvalue weighted by atomic mass is 35.5. The average Bonchev–Trinajstić information content (AvgIpc) is 3.03. The molecule has 2 amide bonds. The van der Waals surface area contributed by atoms with Gasteiger partial charge in [-0.25, -0.2) is 0 Å². The summed E-state index contributed by atoms with van der Waals surface area (Å²) < 4.78 is 0. The van der Waals surface area contributed by atoms with E-state index in [0.717, 1.165) is 43.4 Å². The Bertz CT molecular complexity index is 528. The Hall–Kier alpha value is -1.75. The summed E-state index contributed by atoms with van der Waals surface area (Å²) in [6.07, 6.45) is 5.32. The highest BCUT2D eigenvalue weighted by molar-refractivity contribution is 5.85. The Morgan fingerprint density at radius 3 is 2.46 bits per heavy atom. The lowest BCUT2D eigenvalue weighted by molar-refractivity contribution is -0.126. The molecule has 0 saturated heterocycles. The Morgan fingerprint density at radius 1 is 1.21 bits per heavy atom. The van der Waals surface area contributed by atoms with E-state index in [1.54, 1.807) is 0 Å². The van der Waals surface area contributed by atoms with Gasteiger partial charge in [0.15, 0.2) is 0 Å². The molecule has 1 fully saturated rings. The van der Waals surface area contributed by atoms with Crippen molar-refractivity contribution in [3.63, 3.8) is 0 Å². The highest BCUT2D eigenvalue weighted by Crippen LogP contribution is 2.24. The quantitative estimate of drug-likeness (QED) is 0.658. The van der Waals surface area contributed by atoms with Crippen LogP contribution in [0.1, 0.15) is 44.6 Å². The van der Waals surface area contributed by atoms with Gasteiger partial charge in [0, 0.05) is 30.6 Å². The van der Waals surface area contributed by atoms with E-state index in [2.05, 4.69) is 10.6 Å². The monoisotopic (exact) mass is 353 g/mol. The molecule has 134 valence electrons. The lowest BCUT2D eigenvalue weighted by Crippen LogP contribution is -2.40. The van der Waals surface area contributed by atoms with Gasteiger partial charge in [-0.3, -0.25) is 9.59 Å². The van der Waals surface area contributed by atoms with Crippen LogP contribution in [0.2, 0.25) is 0 Å². The minimum absolute atomic E-state index is 0. The largest absolute Gasteiger partial charge is 0.399 e. The number of rotatable bonds is 7. The molecule has 1 aliphatic rings. The average molecular weight is 354 g/mol. The Labute approximate surface area is 150 Å². The number of nitrogen functional groups attached to an aromatic ring is 1. The van der Waals surface area contributed by atoms with Gasteiger partial charge in [-0.2, -0.15) is 0 Å². The molecule has 2 rings (SSSR count). The number of nitrogens with one attached hydrogen (secondary N) is 2. The fraction of sp³-hybridized carbons (Fsp3) is 0.556. The molecule has 6 heteroatoms. The van der Waals surface area contributed by atoms with Crippen molar-refractivity contribution < 1.29 is 9.59 Å². The predicted molar refractivity (Wildman–Crippen MR) is 99.0 cm³/mol. The van der Waals surface area contributed by atoms with Gasteiger partial charge in [0.2, 0.25) is 11.8 Å². The van der Waals surface area contributed by atoms with Crippen LogP contribution in [0.4, 0.5) is 5.69 Å². The number of nitrogens with two attached hydrogens (primary N) is 1. The first kappa shape index (κ1) is 20.3. The van der Waals surface area contributed by atoms with Gasteiger partial charge in [0.05, 0.1) is 0 Å². The van der Waals surface area contributed by atoms with Crippen LogP contribution in [-0.4, -0.2) is 24.4 Å². The van der Waals surface area contributed by atoms with Gasteiger partial charge < -0.3 is 16.4 Å². The third kappa shape index (κ3) is 6.79. The molecule has 5 nitrogen and oxygen atoms in total. The molecule has 1 aromatic rings. The van der Waals surface area contributed by atoms with Crippen molar-refractivity contribution in [1.29, 1.82) is 0 Å². The molecular weight excluding hydrogens is 326 g/mol. The number of carbonyl (C=O) groups excluding carboxylic acids is 2. The molecule has 1 atom stereocenters. The zero-order chi connectivity index (χ0) is 16.7. The maximum Gasteiger partial charge on any atom is 0.223 e. The van der Waals surface area contributed by atoms with Crippen molar-refractivity contribution in [2.24, 2.45) is 5.92 Å². The van der Waals surface area contributed by atoms with Gasteiger partial charge >= 0.3 is 0 Å². The van der Waals surface area contributed by atoms with Crippen LogP contribution in [0.3, 0.4) is 0 Å². The van der Waals surface area contributed by atoms with Gasteiger partial charge in [-0.05, 0) is 43.9 Å². The molecule has 1 aliphatic carbocycles. The van der Waals surface area contributed by atoms with Crippen LogP contribution in [0.5, 0.6) is 0 Å². The van der Waals surface area contributed by atoms with Crippen LogP contribution >= 0.6 is 12.4 Å². The molecule has 0 heterocycles. The normalized spacial score (nSPS) is 15.4. The van der Waals surface area contributed by atoms with E-state index in [1.807, 2.05) is 31.2 Å². The zero-order valence-corrected chi connectivity index (χ0v) is 15.0. The molecule has 1 saturated carbocycles. The van der Waals surface area contributed by atoms with Crippen molar-refractivity contribution in [3.05, 3.63) is 29.8 Å². The highest BCUT2D eigenvalue weighted by Gasteiger charge is 2.24. The first-order valence-electron chi connectivity index (χ1n) is 8.46. The Kier molecular flexibility index (Phi) is 8.61. The molecule has 4 N–H and O–H groups in total. The van der Waals surface area contributed by atoms with Crippen LogP contribution < -0.4 is 16.4 Å². The minimum atomic E-state index is -0.125. The Morgan fingerprint density at radius 2 is 1.83 bits per heavy atom. The van der Waals surface area contributed by atoms with Crippen LogP contribution in [0.25, 0.3) is 0 Å². The number of hydrogen-bond donors (Lipinski definition) is 3. The third-order valence-corrected chi connectivity index (χ3v) is 4.32. The van der Waals surface area contributed by atoms with Crippen LogP contribution in [0, 0.1) is 5.92 Å². The number of halogens is 1. The summed E-state index contributed by atoms with van der Waals surface area (Å²) in [5.41, 5.74) is 7.52. The van der Waals surface area contributed by atoms with E-state index in [1.165, 1.54) is 0 Å². The molecule has 1 aromatic carbocycles. The van der Waals surface area contributed by atoms with Crippen LogP contribution in [0.15, 0.2) is 24.3 Å². The lowest BCUT2D eigenvalue weighted by Gasteiger charge is -2.16. The maximum atomic E-state index is 12.0. The molecule has 0 bridgehead atoms. The van der Waals surface area contributed by atoms with Crippen molar-refractivity contribution in [2.75, 3.05) is 12.3 Å². The summed E-state index contributed by atoms with van der Waals surface area (Å²) in [6, 6.07) is 7.52.